The number of unbranched alkanes of at least 4 members (excludes halogenated alkanes) is 1. The van der Waals surface area contributed by atoms with Gasteiger partial charge in [0.1, 0.15) is 0 Å². The summed E-state index contributed by atoms with van der Waals surface area (Å²) < 4.78 is 11.5. The van der Waals surface area contributed by atoms with Crippen LogP contribution in [0.25, 0.3) is 0 Å². The SMILES string of the molecule is CCCCOCCOCC1CC2CC1CC2C1C=C(C)C(C)=CC1. The van der Waals surface area contributed by atoms with Crippen molar-refractivity contribution in [2.24, 2.45) is 29.6 Å². The van der Waals surface area contributed by atoms with Gasteiger partial charge in [0.15, 0.2) is 0 Å². The van der Waals surface area contributed by atoms with Gasteiger partial charge in [0, 0.05) is 13.2 Å². The molecular formula is C22H36O2. The Morgan fingerprint density at radius 1 is 0.958 bits per heavy atom. The summed E-state index contributed by atoms with van der Waals surface area (Å²) in [7, 11) is 0. The van der Waals surface area contributed by atoms with Crippen LogP contribution in [0.1, 0.15) is 59.3 Å². The molecule has 5 unspecified atom stereocenters. The third-order valence-corrected chi connectivity index (χ3v) is 6.74. The number of hydrogen-bond acceptors (Lipinski definition) is 2. The molecule has 3 aliphatic rings. The molecule has 0 spiro atoms. The summed E-state index contributed by atoms with van der Waals surface area (Å²) in [5.74, 6) is 4.42. The Morgan fingerprint density at radius 2 is 1.79 bits per heavy atom. The minimum atomic E-state index is 0.765. The first-order chi connectivity index (χ1) is 11.7. The zero-order valence-corrected chi connectivity index (χ0v) is 15.9. The molecule has 136 valence electrons. The molecule has 0 radical (unpaired) electrons. The van der Waals surface area contributed by atoms with Gasteiger partial charge in [-0.15, -0.1) is 0 Å². The molecule has 0 N–H and O–H groups in total. The number of ether oxygens (including phenoxy) is 2. The van der Waals surface area contributed by atoms with Crippen molar-refractivity contribution >= 4 is 0 Å². The zero-order valence-electron chi connectivity index (χ0n) is 15.9. The predicted octanol–water partition coefficient (Wildman–Crippen LogP) is 5.39. The molecule has 0 amide bonds. The standard InChI is InChI=1S/C22H36O2/c1-4-5-8-23-9-10-24-15-21-13-20-12-19(21)14-22(20)18-7-6-16(2)17(3)11-18/h6,11,18-22H,4-5,7-10,12-15H2,1-3H3. The average Bonchev–Trinajstić information content (AvgIpc) is 3.17. The molecule has 2 saturated carbocycles. The highest BCUT2D eigenvalue weighted by atomic mass is 16.5. The van der Waals surface area contributed by atoms with Gasteiger partial charge in [-0.1, -0.05) is 36.6 Å². The Hall–Kier alpha value is -0.600. The van der Waals surface area contributed by atoms with E-state index in [1.165, 1.54) is 43.3 Å². The Morgan fingerprint density at radius 3 is 2.50 bits per heavy atom. The molecule has 0 aromatic carbocycles. The number of hydrogen-bond donors (Lipinski definition) is 0. The van der Waals surface area contributed by atoms with Crippen molar-refractivity contribution in [3.05, 3.63) is 23.3 Å². The second kappa shape index (κ2) is 8.67. The molecule has 2 heteroatoms. The maximum absolute atomic E-state index is 5.92. The number of fused-ring (bicyclic) bond motifs is 2. The monoisotopic (exact) mass is 332 g/mol. The van der Waals surface area contributed by atoms with Gasteiger partial charge in [-0.05, 0) is 75.5 Å². The van der Waals surface area contributed by atoms with E-state index in [0.717, 1.165) is 62.4 Å². The van der Waals surface area contributed by atoms with E-state index in [4.69, 9.17) is 9.47 Å². The molecule has 2 fully saturated rings. The molecule has 0 aromatic rings. The second-order valence-corrected chi connectivity index (χ2v) is 8.33. The van der Waals surface area contributed by atoms with E-state index in [1.54, 1.807) is 0 Å². The van der Waals surface area contributed by atoms with Gasteiger partial charge in [-0.2, -0.15) is 0 Å². The summed E-state index contributed by atoms with van der Waals surface area (Å²) in [6.07, 6.45) is 13.0. The maximum atomic E-state index is 5.92. The van der Waals surface area contributed by atoms with Crippen LogP contribution in [-0.4, -0.2) is 26.4 Å². The second-order valence-electron chi connectivity index (χ2n) is 8.33. The van der Waals surface area contributed by atoms with Crippen LogP contribution < -0.4 is 0 Å². The Bertz CT molecular complexity index is 465. The van der Waals surface area contributed by atoms with Gasteiger partial charge in [-0.25, -0.2) is 0 Å². The molecule has 24 heavy (non-hydrogen) atoms. The molecule has 0 aromatic heterocycles. The smallest absolute Gasteiger partial charge is 0.0700 e. The zero-order chi connectivity index (χ0) is 16.9. The van der Waals surface area contributed by atoms with Gasteiger partial charge < -0.3 is 9.47 Å². The fourth-order valence-electron chi connectivity index (χ4n) is 5.16. The van der Waals surface area contributed by atoms with Crippen LogP contribution in [0.5, 0.6) is 0 Å². The van der Waals surface area contributed by atoms with Crippen LogP contribution in [0.15, 0.2) is 23.3 Å². The van der Waals surface area contributed by atoms with E-state index >= 15 is 0 Å². The Labute approximate surface area is 148 Å². The summed E-state index contributed by atoms with van der Waals surface area (Å²) >= 11 is 0. The van der Waals surface area contributed by atoms with E-state index in [9.17, 15) is 0 Å². The van der Waals surface area contributed by atoms with E-state index < -0.39 is 0 Å². The summed E-state index contributed by atoms with van der Waals surface area (Å²) in [6.45, 7) is 10.1. The van der Waals surface area contributed by atoms with E-state index in [1.807, 2.05) is 0 Å². The van der Waals surface area contributed by atoms with E-state index in [2.05, 4.69) is 32.9 Å². The third-order valence-electron chi connectivity index (χ3n) is 6.74. The van der Waals surface area contributed by atoms with Gasteiger partial charge in [0.2, 0.25) is 0 Å². The van der Waals surface area contributed by atoms with E-state index in [-0.39, 0.29) is 0 Å². The summed E-state index contributed by atoms with van der Waals surface area (Å²) in [5, 5.41) is 0. The van der Waals surface area contributed by atoms with Crippen molar-refractivity contribution in [1.29, 1.82) is 0 Å². The predicted molar refractivity (Wildman–Crippen MR) is 100.0 cm³/mol. The number of rotatable bonds is 9. The summed E-state index contributed by atoms with van der Waals surface area (Å²) in [6, 6.07) is 0. The van der Waals surface area contributed by atoms with Gasteiger partial charge >= 0.3 is 0 Å². The molecular weight excluding hydrogens is 296 g/mol. The molecule has 3 aliphatic carbocycles. The van der Waals surface area contributed by atoms with Crippen molar-refractivity contribution in [3.63, 3.8) is 0 Å². The largest absolute Gasteiger partial charge is 0.379 e. The summed E-state index contributed by atoms with van der Waals surface area (Å²) in [4.78, 5) is 0. The lowest BCUT2D eigenvalue weighted by atomic mass is 9.72. The first kappa shape index (κ1) is 18.2. The highest BCUT2D eigenvalue weighted by Crippen LogP contribution is 2.55. The molecule has 0 saturated heterocycles. The van der Waals surface area contributed by atoms with Crippen molar-refractivity contribution < 1.29 is 9.47 Å². The first-order valence-corrected chi connectivity index (χ1v) is 10.2. The maximum Gasteiger partial charge on any atom is 0.0700 e. The van der Waals surface area contributed by atoms with Crippen LogP contribution in [0.2, 0.25) is 0 Å². The fraction of sp³-hybridized carbons (Fsp3) is 0.818. The van der Waals surface area contributed by atoms with Gasteiger partial charge in [0.05, 0.1) is 13.2 Å². The van der Waals surface area contributed by atoms with Gasteiger partial charge in [-0.3, -0.25) is 0 Å². The van der Waals surface area contributed by atoms with E-state index in [0.29, 0.717) is 0 Å². The lowest BCUT2D eigenvalue weighted by Gasteiger charge is -2.33. The first-order valence-electron chi connectivity index (χ1n) is 10.2. The third kappa shape index (κ3) is 4.32. The van der Waals surface area contributed by atoms with Crippen LogP contribution in [-0.2, 0) is 9.47 Å². The summed E-state index contributed by atoms with van der Waals surface area (Å²) in [5.41, 5.74) is 3.00. The van der Waals surface area contributed by atoms with Gasteiger partial charge in [0.25, 0.3) is 0 Å². The average molecular weight is 333 g/mol. The van der Waals surface area contributed by atoms with Crippen molar-refractivity contribution in [1.82, 2.24) is 0 Å². The van der Waals surface area contributed by atoms with Crippen molar-refractivity contribution in [2.75, 3.05) is 26.4 Å². The van der Waals surface area contributed by atoms with Crippen LogP contribution in [0, 0.1) is 29.6 Å². The normalized spacial score (nSPS) is 35.2. The molecule has 0 heterocycles. The molecule has 3 rings (SSSR count). The lowest BCUT2D eigenvalue weighted by Crippen LogP contribution is -2.27. The number of allylic oxidation sites excluding steroid dienone is 4. The highest BCUT2D eigenvalue weighted by Gasteiger charge is 2.47. The minimum absolute atomic E-state index is 0.765. The highest BCUT2D eigenvalue weighted by molar-refractivity contribution is 5.31. The van der Waals surface area contributed by atoms with Crippen molar-refractivity contribution in [2.45, 2.75) is 59.3 Å². The molecule has 5 atom stereocenters. The Kier molecular flexibility index (Phi) is 6.57. The molecule has 0 aliphatic heterocycles. The molecule has 2 nitrogen and oxygen atoms in total. The topological polar surface area (TPSA) is 18.5 Å². The molecule has 2 bridgehead atoms. The van der Waals surface area contributed by atoms with Crippen LogP contribution in [0.4, 0.5) is 0 Å². The Balaban J connectivity index is 1.35. The van der Waals surface area contributed by atoms with Crippen molar-refractivity contribution in [3.8, 4) is 0 Å². The van der Waals surface area contributed by atoms with Crippen LogP contribution in [0.3, 0.4) is 0 Å². The van der Waals surface area contributed by atoms with Crippen LogP contribution >= 0.6 is 0 Å². The fourth-order valence-corrected chi connectivity index (χ4v) is 5.16. The lowest BCUT2D eigenvalue weighted by molar-refractivity contribution is 0.0199. The minimum Gasteiger partial charge on any atom is -0.379 e. The quantitative estimate of drug-likeness (QED) is 0.527.